The van der Waals surface area contributed by atoms with Gasteiger partial charge in [-0.3, -0.25) is 9.52 Å². The van der Waals surface area contributed by atoms with Gasteiger partial charge in [-0.15, -0.1) is 0 Å². The second-order valence-corrected chi connectivity index (χ2v) is 6.80. The molecule has 1 heterocycles. The highest BCUT2D eigenvalue weighted by molar-refractivity contribution is 7.92. The molecule has 7 heteroatoms. The maximum absolute atomic E-state index is 11.8. The predicted octanol–water partition coefficient (Wildman–Crippen LogP) is 1.82. The van der Waals surface area contributed by atoms with Crippen molar-refractivity contribution in [2.45, 2.75) is 6.92 Å². The first-order valence-electron chi connectivity index (χ1n) is 6.72. The van der Waals surface area contributed by atoms with Crippen LogP contribution in [0.4, 0.5) is 5.69 Å². The normalized spacial score (nSPS) is 11.2. The molecule has 0 amide bonds. The highest BCUT2D eigenvalue weighted by Crippen LogP contribution is 2.31. The van der Waals surface area contributed by atoms with E-state index >= 15 is 0 Å². The van der Waals surface area contributed by atoms with Crippen molar-refractivity contribution in [3.05, 3.63) is 46.9 Å². The molecule has 2 aromatic rings. The fourth-order valence-corrected chi connectivity index (χ4v) is 2.61. The summed E-state index contributed by atoms with van der Waals surface area (Å²) in [5, 5.41) is 0. The summed E-state index contributed by atoms with van der Waals surface area (Å²) in [5.41, 5.74) is 1.85. The van der Waals surface area contributed by atoms with Crippen LogP contribution in [0.1, 0.15) is 6.92 Å². The number of ether oxygens (including phenoxy) is 1. The summed E-state index contributed by atoms with van der Waals surface area (Å²) in [7, 11) is -0.264. The highest BCUT2D eigenvalue weighted by atomic mass is 32.2. The SMILES string of the molecule is CCS(=O)(=O)Nc1cc(-c2ccc(=O)n(C)c2)ccc1OC. The van der Waals surface area contributed by atoms with Crippen LogP contribution in [0.2, 0.25) is 0 Å². The van der Waals surface area contributed by atoms with Gasteiger partial charge in [0, 0.05) is 19.3 Å². The Morgan fingerprint density at radius 1 is 1.18 bits per heavy atom. The van der Waals surface area contributed by atoms with Gasteiger partial charge in [-0.2, -0.15) is 0 Å². The number of sulfonamides is 1. The number of nitrogens with zero attached hydrogens (tertiary/aromatic N) is 1. The molecule has 118 valence electrons. The first-order valence-corrected chi connectivity index (χ1v) is 8.37. The highest BCUT2D eigenvalue weighted by Gasteiger charge is 2.12. The summed E-state index contributed by atoms with van der Waals surface area (Å²) >= 11 is 0. The smallest absolute Gasteiger partial charge is 0.250 e. The quantitative estimate of drug-likeness (QED) is 0.911. The number of benzene rings is 1. The number of anilines is 1. The van der Waals surface area contributed by atoms with E-state index in [0.717, 1.165) is 11.1 Å². The number of hydrogen-bond acceptors (Lipinski definition) is 4. The van der Waals surface area contributed by atoms with Crippen molar-refractivity contribution in [1.29, 1.82) is 0 Å². The molecule has 1 aromatic carbocycles. The van der Waals surface area contributed by atoms with E-state index in [4.69, 9.17) is 4.74 Å². The van der Waals surface area contributed by atoms with E-state index < -0.39 is 10.0 Å². The molecule has 0 aliphatic heterocycles. The van der Waals surface area contributed by atoms with Crippen molar-refractivity contribution in [1.82, 2.24) is 4.57 Å². The fourth-order valence-electron chi connectivity index (χ4n) is 1.97. The van der Waals surface area contributed by atoms with Crippen molar-refractivity contribution < 1.29 is 13.2 Å². The van der Waals surface area contributed by atoms with Gasteiger partial charge in [-0.1, -0.05) is 6.07 Å². The summed E-state index contributed by atoms with van der Waals surface area (Å²) in [5.74, 6) is 0.408. The van der Waals surface area contributed by atoms with Gasteiger partial charge < -0.3 is 9.30 Å². The van der Waals surface area contributed by atoms with Crippen molar-refractivity contribution in [3.8, 4) is 16.9 Å². The lowest BCUT2D eigenvalue weighted by Crippen LogP contribution is -2.15. The second kappa shape index (κ2) is 6.23. The first-order chi connectivity index (χ1) is 10.4. The van der Waals surface area contributed by atoms with Gasteiger partial charge in [-0.25, -0.2) is 8.42 Å². The Morgan fingerprint density at radius 3 is 2.45 bits per heavy atom. The van der Waals surface area contributed by atoms with Crippen molar-refractivity contribution in [2.24, 2.45) is 7.05 Å². The number of nitrogens with one attached hydrogen (secondary N) is 1. The molecule has 0 saturated carbocycles. The van der Waals surface area contributed by atoms with Gasteiger partial charge in [0.1, 0.15) is 5.75 Å². The van der Waals surface area contributed by atoms with E-state index in [1.807, 2.05) is 6.07 Å². The topological polar surface area (TPSA) is 77.4 Å². The lowest BCUT2D eigenvalue weighted by molar-refractivity contribution is 0.417. The molecular weight excluding hydrogens is 304 g/mol. The summed E-state index contributed by atoms with van der Waals surface area (Å²) < 4.78 is 32.7. The Labute approximate surface area is 129 Å². The van der Waals surface area contributed by atoms with E-state index in [1.54, 1.807) is 38.4 Å². The van der Waals surface area contributed by atoms with Crippen LogP contribution in [0.3, 0.4) is 0 Å². The maximum Gasteiger partial charge on any atom is 0.250 e. The lowest BCUT2D eigenvalue weighted by Gasteiger charge is -2.13. The van der Waals surface area contributed by atoms with Crippen molar-refractivity contribution in [3.63, 3.8) is 0 Å². The molecular formula is C15H18N2O4S. The Bertz CT molecular complexity index is 841. The molecule has 0 unspecified atom stereocenters. The third-order valence-electron chi connectivity index (χ3n) is 3.26. The number of rotatable bonds is 5. The minimum atomic E-state index is -3.40. The summed E-state index contributed by atoms with van der Waals surface area (Å²) in [6.45, 7) is 1.56. The van der Waals surface area contributed by atoms with Crippen LogP contribution < -0.4 is 15.0 Å². The van der Waals surface area contributed by atoms with Crippen LogP contribution in [0, 0.1) is 0 Å². The van der Waals surface area contributed by atoms with Crippen LogP contribution in [0.5, 0.6) is 5.75 Å². The van der Waals surface area contributed by atoms with E-state index in [0.29, 0.717) is 11.4 Å². The molecule has 0 bridgehead atoms. The zero-order valence-corrected chi connectivity index (χ0v) is 13.5. The van der Waals surface area contributed by atoms with Crippen molar-refractivity contribution >= 4 is 15.7 Å². The molecule has 0 atom stereocenters. The number of aromatic nitrogens is 1. The monoisotopic (exact) mass is 322 g/mol. The van der Waals surface area contributed by atoms with Crippen LogP contribution in [0.15, 0.2) is 41.3 Å². The third-order valence-corrected chi connectivity index (χ3v) is 4.56. The number of pyridine rings is 1. The van der Waals surface area contributed by atoms with Crippen LogP contribution >= 0.6 is 0 Å². The van der Waals surface area contributed by atoms with Gasteiger partial charge in [0.25, 0.3) is 0 Å². The number of methoxy groups -OCH3 is 1. The van der Waals surface area contributed by atoms with Gasteiger partial charge in [-0.05, 0) is 36.2 Å². The van der Waals surface area contributed by atoms with Crippen molar-refractivity contribution in [2.75, 3.05) is 17.6 Å². The Hall–Kier alpha value is -2.28. The molecule has 0 aliphatic rings. The van der Waals surface area contributed by atoms with E-state index in [-0.39, 0.29) is 11.3 Å². The molecule has 0 radical (unpaired) electrons. The number of aryl methyl sites for hydroxylation is 1. The van der Waals surface area contributed by atoms with E-state index in [9.17, 15) is 13.2 Å². The lowest BCUT2D eigenvalue weighted by atomic mass is 10.1. The Balaban J connectivity index is 2.50. The summed E-state index contributed by atoms with van der Waals surface area (Å²) in [6.07, 6.45) is 1.70. The molecule has 22 heavy (non-hydrogen) atoms. The predicted molar refractivity (Wildman–Crippen MR) is 86.8 cm³/mol. The largest absolute Gasteiger partial charge is 0.495 e. The summed E-state index contributed by atoms with van der Waals surface area (Å²) in [6, 6.07) is 8.35. The van der Waals surface area contributed by atoms with Crippen LogP contribution in [-0.4, -0.2) is 25.8 Å². The molecule has 6 nitrogen and oxygen atoms in total. The second-order valence-electron chi connectivity index (χ2n) is 4.79. The summed E-state index contributed by atoms with van der Waals surface area (Å²) in [4.78, 5) is 11.4. The molecule has 2 rings (SSSR count). The fraction of sp³-hybridized carbons (Fsp3) is 0.267. The van der Waals surface area contributed by atoms with Gasteiger partial charge >= 0.3 is 0 Å². The maximum atomic E-state index is 11.8. The standard InChI is InChI=1S/C15H18N2O4S/c1-4-22(19,20)16-13-9-11(5-7-14(13)21-3)12-6-8-15(18)17(2)10-12/h5-10,16H,4H2,1-3H3. The molecule has 0 fully saturated rings. The minimum absolute atomic E-state index is 0.0276. The van der Waals surface area contributed by atoms with Gasteiger partial charge in [0.15, 0.2) is 0 Å². The van der Waals surface area contributed by atoms with Crippen LogP contribution in [-0.2, 0) is 17.1 Å². The van der Waals surface area contributed by atoms with E-state index in [2.05, 4.69) is 4.72 Å². The van der Waals surface area contributed by atoms with Crippen LogP contribution in [0.25, 0.3) is 11.1 Å². The minimum Gasteiger partial charge on any atom is -0.495 e. The average Bonchev–Trinajstić information content (AvgIpc) is 2.49. The molecule has 0 aliphatic carbocycles. The van der Waals surface area contributed by atoms with Gasteiger partial charge in [0.05, 0.1) is 18.6 Å². The molecule has 0 spiro atoms. The Kier molecular flexibility index (Phi) is 4.56. The zero-order valence-electron chi connectivity index (χ0n) is 12.7. The Morgan fingerprint density at radius 2 is 1.86 bits per heavy atom. The first kappa shape index (κ1) is 16.1. The molecule has 1 aromatic heterocycles. The molecule has 1 N–H and O–H groups in total. The number of hydrogen-bond donors (Lipinski definition) is 1. The molecule has 0 saturated heterocycles. The average molecular weight is 322 g/mol. The zero-order chi connectivity index (χ0) is 16.3. The van der Waals surface area contributed by atoms with E-state index in [1.165, 1.54) is 17.7 Å². The third kappa shape index (κ3) is 3.48. The van der Waals surface area contributed by atoms with Gasteiger partial charge in [0.2, 0.25) is 15.6 Å².